The van der Waals surface area contributed by atoms with E-state index in [1.54, 1.807) is 0 Å². The maximum absolute atomic E-state index is 6.07. The number of hydrogen-bond acceptors (Lipinski definition) is 2. The third-order valence-electron chi connectivity index (χ3n) is 6.91. The molecule has 0 fully saturated rings. The molecule has 0 amide bonds. The van der Waals surface area contributed by atoms with Crippen molar-refractivity contribution in [3.05, 3.63) is 138 Å². The van der Waals surface area contributed by atoms with Gasteiger partial charge in [0.25, 0.3) is 0 Å². The molecule has 0 bridgehead atoms. The average Bonchev–Trinajstić information content (AvgIpc) is 2.97. The van der Waals surface area contributed by atoms with Crippen molar-refractivity contribution >= 4 is 31.0 Å². The molecule has 1 heterocycles. The smallest absolute Gasteiger partial charge is 0.0936 e. The van der Waals surface area contributed by atoms with Gasteiger partial charge in [-0.25, -0.2) is 0 Å². The van der Waals surface area contributed by atoms with Gasteiger partial charge in [0.05, 0.1) is 25.8 Å². The molecule has 2 radical (unpaired) electrons. The molecule has 0 aromatic heterocycles. The van der Waals surface area contributed by atoms with Gasteiger partial charge in [0.2, 0.25) is 0 Å². The molecule has 0 spiro atoms. The molecule has 4 aromatic carbocycles. The average molecular weight is 504 g/mol. The fourth-order valence-electron chi connectivity index (χ4n) is 5.02. The maximum atomic E-state index is 6.07. The summed E-state index contributed by atoms with van der Waals surface area (Å²) in [6, 6.07) is 34.5. The Morgan fingerprint density at radius 2 is 1.49 bits per heavy atom. The standard InChI is InChI=1S/C36H33BN2/c1-4-9-29(22-26(3)37)31-12-8-14-33(24-31)32-13-7-11-30(23-32)27-16-18-28(19-17-27)35-36(39-21-20-38-35)34-15-6-5-10-25(34)2/h4-20,22-24,26,39H,21H2,1-3H3/b9-4-,29-22+. The second kappa shape index (κ2) is 12.0. The summed E-state index contributed by atoms with van der Waals surface area (Å²) >= 11 is 0. The van der Waals surface area contributed by atoms with E-state index in [0.29, 0.717) is 0 Å². The van der Waals surface area contributed by atoms with E-state index in [2.05, 4.69) is 128 Å². The van der Waals surface area contributed by atoms with E-state index >= 15 is 0 Å². The Morgan fingerprint density at radius 3 is 2.21 bits per heavy atom. The van der Waals surface area contributed by atoms with Crippen LogP contribution in [0.15, 0.2) is 120 Å². The summed E-state index contributed by atoms with van der Waals surface area (Å²) in [6.45, 7) is 6.91. The van der Waals surface area contributed by atoms with Gasteiger partial charge in [0.15, 0.2) is 0 Å². The highest BCUT2D eigenvalue weighted by Crippen LogP contribution is 2.32. The number of hydrogen-bond donors (Lipinski definition) is 1. The van der Waals surface area contributed by atoms with Gasteiger partial charge < -0.3 is 5.32 Å². The highest BCUT2D eigenvalue weighted by molar-refractivity contribution is 6.13. The van der Waals surface area contributed by atoms with Crippen LogP contribution < -0.4 is 5.32 Å². The number of rotatable bonds is 7. The number of allylic oxidation sites excluding steroid dienone is 4. The zero-order chi connectivity index (χ0) is 27.2. The Bertz CT molecular complexity index is 1590. The summed E-state index contributed by atoms with van der Waals surface area (Å²) in [5.41, 5.74) is 12.6. The van der Waals surface area contributed by atoms with Crippen molar-refractivity contribution in [3.63, 3.8) is 0 Å². The Morgan fingerprint density at radius 1 is 0.821 bits per heavy atom. The normalized spacial score (nSPS) is 14.5. The van der Waals surface area contributed by atoms with Crippen LogP contribution in [-0.2, 0) is 0 Å². The Kier molecular flexibility index (Phi) is 8.08. The maximum Gasteiger partial charge on any atom is 0.0936 e. The fourth-order valence-corrected chi connectivity index (χ4v) is 5.02. The van der Waals surface area contributed by atoms with E-state index in [4.69, 9.17) is 12.8 Å². The lowest BCUT2D eigenvalue weighted by atomic mass is 9.86. The molecule has 3 heteroatoms. The van der Waals surface area contributed by atoms with Gasteiger partial charge in [-0.3, -0.25) is 4.99 Å². The number of aliphatic imine (C=N–C) groups is 1. The molecule has 0 saturated heterocycles. The zero-order valence-corrected chi connectivity index (χ0v) is 22.9. The minimum absolute atomic E-state index is 0.00945. The Labute approximate surface area is 234 Å². The van der Waals surface area contributed by atoms with E-state index in [0.717, 1.165) is 34.6 Å². The molecule has 0 aliphatic carbocycles. The molecular formula is C36H33BN2. The SMILES string of the molecule is [B]C(C)/C=C(\C=C/C)c1cccc(-c2cccc(-c3ccc(C4=C(c5ccccc5C)NCC=N4)cc3)c2)c1. The summed E-state index contributed by atoms with van der Waals surface area (Å²) in [4.78, 5) is 4.78. The van der Waals surface area contributed by atoms with Crippen molar-refractivity contribution in [1.82, 2.24) is 5.32 Å². The third kappa shape index (κ3) is 6.04. The second-order valence-electron chi connectivity index (χ2n) is 9.95. The van der Waals surface area contributed by atoms with Gasteiger partial charge in [-0.1, -0.05) is 116 Å². The molecule has 1 N–H and O–H groups in total. The topological polar surface area (TPSA) is 24.4 Å². The molecule has 1 aliphatic heterocycles. The number of benzene rings is 4. The van der Waals surface area contributed by atoms with Crippen LogP contribution in [-0.4, -0.2) is 20.6 Å². The molecule has 4 aromatic rings. The molecule has 2 nitrogen and oxygen atoms in total. The van der Waals surface area contributed by atoms with Gasteiger partial charge in [-0.2, -0.15) is 0 Å². The molecular weight excluding hydrogens is 471 g/mol. The Hall–Kier alpha value is -4.37. The number of nitrogens with zero attached hydrogens (tertiary/aromatic N) is 1. The van der Waals surface area contributed by atoms with Crippen LogP contribution in [0.5, 0.6) is 0 Å². The summed E-state index contributed by atoms with van der Waals surface area (Å²) < 4.78 is 0. The van der Waals surface area contributed by atoms with E-state index in [-0.39, 0.29) is 5.82 Å². The van der Waals surface area contributed by atoms with Crippen LogP contribution in [0.1, 0.15) is 36.1 Å². The lowest BCUT2D eigenvalue weighted by Gasteiger charge is -2.19. The van der Waals surface area contributed by atoms with Crippen molar-refractivity contribution in [2.75, 3.05) is 6.54 Å². The molecule has 39 heavy (non-hydrogen) atoms. The summed E-state index contributed by atoms with van der Waals surface area (Å²) in [7, 11) is 6.07. The van der Waals surface area contributed by atoms with Crippen molar-refractivity contribution < 1.29 is 0 Å². The molecule has 1 unspecified atom stereocenters. The summed E-state index contributed by atoms with van der Waals surface area (Å²) in [6.07, 6.45) is 8.21. The van der Waals surface area contributed by atoms with Crippen molar-refractivity contribution in [3.8, 4) is 22.3 Å². The first-order valence-corrected chi connectivity index (χ1v) is 13.5. The first-order chi connectivity index (χ1) is 19.0. The van der Waals surface area contributed by atoms with E-state index in [1.165, 1.54) is 33.4 Å². The predicted molar refractivity (Wildman–Crippen MR) is 170 cm³/mol. The molecule has 190 valence electrons. The largest absolute Gasteiger partial charge is 0.378 e. The van der Waals surface area contributed by atoms with Gasteiger partial charge in [0, 0.05) is 17.3 Å². The van der Waals surface area contributed by atoms with Crippen molar-refractivity contribution in [2.24, 2.45) is 4.99 Å². The van der Waals surface area contributed by atoms with Gasteiger partial charge >= 0.3 is 0 Å². The molecule has 0 saturated carbocycles. The Balaban J connectivity index is 1.46. The predicted octanol–water partition coefficient (Wildman–Crippen LogP) is 8.77. The van der Waals surface area contributed by atoms with Crippen molar-refractivity contribution in [1.29, 1.82) is 0 Å². The molecule has 1 atom stereocenters. The fraction of sp³-hybridized carbons (Fsp3) is 0.139. The van der Waals surface area contributed by atoms with Crippen LogP contribution in [0.3, 0.4) is 0 Å². The van der Waals surface area contributed by atoms with Crippen LogP contribution in [0.4, 0.5) is 0 Å². The number of nitrogens with one attached hydrogen (secondary N) is 1. The minimum atomic E-state index is -0.00945. The van der Waals surface area contributed by atoms with Gasteiger partial charge in [-0.15, -0.1) is 0 Å². The first kappa shape index (κ1) is 26.3. The van der Waals surface area contributed by atoms with E-state index in [1.807, 2.05) is 20.1 Å². The van der Waals surface area contributed by atoms with Crippen LogP contribution in [0.2, 0.25) is 5.82 Å². The minimum Gasteiger partial charge on any atom is -0.378 e. The summed E-state index contributed by atoms with van der Waals surface area (Å²) in [5.74, 6) is -0.00945. The van der Waals surface area contributed by atoms with Gasteiger partial charge in [0.1, 0.15) is 0 Å². The van der Waals surface area contributed by atoms with Crippen LogP contribution in [0.25, 0.3) is 39.2 Å². The lowest BCUT2D eigenvalue weighted by Crippen LogP contribution is -2.20. The highest BCUT2D eigenvalue weighted by atomic mass is 15.0. The van der Waals surface area contributed by atoms with Gasteiger partial charge in [-0.05, 0) is 64.9 Å². The summed E-state index contributed by atoms with van der Waals surface area (Å²) in [5, 5.41) is 3.54. The third-order valence-corrected chi connectivity index (χ3v) is 6.91. The van der Waals surface area contributed by atoms with Crippen LogP contribution >= 0.6 is 0 Å². The van der Waals surface area contributed by atoms with E-state index < -0.39 is 0 Å². The zero-order valence-electron chi connectivity index (χ0n) is 22.9. The first-order valence-electron chi connectivity index (χ1n) is 13.5. The lowest BCUT2D eigenvalue weighted by molar-refractivity contribution is 1.03. The molecule has 1 aliphatic rings. The quantitative estimate of drug-likeness (QED) is 0.197. The van der Waals surface area contributed by atoms with Crippen molar-refractivity contribution in [2.45, 2.75) is 26.6 Å². The molecule has 5 rings (SSSR count). The second-order valence-corrected chi connectivity index (χ2v) is 9.95. The van der Waals surface area contributed by atoms with E-state index in [9.17, 15) is 0 Å². The monoisotopic (exact) mass is 504 g/mol. The highest BCUT2D eigenvalue weighted by Gasteiger charge is 2.15. The number of aryl methyl sites for hydroxylation is 1. The van der Waals surface area contributed by atoms with Crippen LogP contribution in [0, 0.1) is 6.92 Å².